The standard InChI is InChI=1S/C16H30O3Si.2ClH.2Hg/c1-11-8-9-13(17-11)15-10-14(12(2)18-15)19-20(6,7)16(3,4)5;;;;/h11-15H,1-2,8-10H2,3-7H3;2*1H;;/q;;;2*+1/p-2/t11-,12+,13+,14-,15-;;;;/m1..../s1. The zero-order valence-corrected chi connectivity index (χ0v) is 29.3. The van der Waals surface area contributed by atoms with Gasteiger partial charge in [-0.05, 0) is 0 Å². The van der Waals surface area contributed by atoms with E-state index in [4.69, 9.17) is 30.4 Å². The van der Waals surface area contributed by atoms with Gasteiger partial charge in [-0.25, -0.2) is 0 Å². The first-order valence-electron chi connectivity index (χ1n) is 9.28. The van der Waals surface area contributed by atoms with Gasteiger partial charge in [-0.15, -0.1) is 0 Å². The van der Waals surface area contributed by atoms with E-state index in [-0.39, 0.29) is 29.5 Å². The van der Waals surface area contributed by atoms with E-state index in [2.05, 4.69) is 33.9 Å². The van der Waals surface area contributed by atoms with Gasteiger partial charge in [-0.3, -0.25) is 0 Å². The van der Waals surface area contributed by atoms with E-state index < -0.39 is 55.0 Å². The van der Waals surface area contributed by atoms with Gasteiger partial charge in [0.1, 0.15) is 0 Å². The van der Waals surface area contributed by atoms with E-state index >= 15 is 0 Å². The summed E-state index contributed by atoms with van der Waals surface area (Å²) in [4.78, 5) is 0. The van der Waals surface area contributed by atoms with Crippen LogP contribution < -0.4 is 0 Å². The van der Waals surface area contributed by atoms with Crippen molar-refractivity contribution in [3.05, 3.63) is 0 Å². The second-order valence-electron chi connectivity index (χ2n) is 8.69. The van der Waals surface area contributed by atoms with Crippen LogP contribution in [0.3, 0.4) is 0 Å². The molecule has 0 spiro atoms. The average molecular weight is 771 g/mol. The van der Waals surface area contributed by atoms with Crippen molar-refractivity contribution in [3.8, 4) is 0 Å². The maximum atomic E-state index is 6.72. The van der Waals surface area contributed by atoms with Gasteiger partial charge in [0.05, 0.1) is 0 Å². The third-order valence-electron chi connectivity index (χ3n) is 5.86. The van der Waals surface area contributed by atoms with Crippen LogP contribution in [0.4, 0.5) is 0 Å². The molecular formula is C16H30Cl2Hg2O3Si. The molecule has 0 unspecified atom stereocenters. The molecule has 5 atom stereocenters. The minimum atomic E-state index is -1.78. The van der Waals surface area contributed by atoms with Crippen molar-refractivity contribution in [2.75, 3.05) is 0 Å². The molecule has 3 nitrogen and oxygen atoms in total. The Balaban J connectivity index is 1.99. The van der Waals surface area contributed by atoms with Crippen molar-refractivity contribution in [3.63, 3.8) is 0 Å². The van der Waals surface area contributed by atoms with Crippen LogP contribution in [-0.4, -0.2) is 38.8 Å². The second kappa shape index (κ2) is 9.84. The molecular weight excluding hydrogens is 740 g/mol. The topological polar surface area (TPSA) is 27.7 Å². The first kappa shape index (κ1) is 22.8. The van der Waals surface area contributed by atoms with E-state index in [0.29, 0.717) is 6.10 Å². The Bertz CT molecular complexity index is 409. The summed E-state index contributed by atoms with van der Waals surface area (Å²) in [6, 6.07) is 0. The molecule has 2 saturated heterocycles. The van der Waals surface area contributed by atoms with Crippen LogP contribution in [0.2, 0.25) is 26.0 Å². The Hall–Kier alpha value is 2.55. The van der Waals surface area contributed by atoms with Gasteiger partial charge in [0.25, 0.3) is 0 Å². The normalized spacial score (nSPS) is 34.2. The molecule has 24 heavy (non-hydrogen) atoms. The summed E-state index contributed by atoms with van der Waals surface area (Å²) in [5.74, 6) is 0. The number of ether oxygens (including phenoxy) is 2. The summed E-state index contributed by atoms with van der Waals surface area (Å²) >= 11 is -2.39. The molecule has 2 heterocycles. The van der Waals surface area contributed by atoms with E-state index in [1.165, 1.54) is 0 Å². The molecule has 0 aromatic heterocycles. The van der Waals surface area contributed by atoms with Gasteiger partial charge >= 0.3 is 182 Å². The van der Waals surface area contributed by atoms with Crippen LogP contribution in [-0.2, 0) is 60.6 Å². The van der Waals surface area contributed by atoms with Gasteiger partial charge in [0, 0.05) is 0 Å². The molecule has 2 aliphatic rings. The quantitative estimate of drug-likeness (QED) is 0.326. The predicted octanol–water partition coefficient (Wildman–Crippen LogP) is 5.39. The molecule has 0 aromatic carbocycles. The molecule has 2 aliphatic heterocycles. The van der Waals surface area contributed by atoms with Gasteiger partial charge < -0.3 is 0 Å². The summed E-state index contributed by atoms with van der Waals surface area (Å²) in [5, 5.41) is 0.226. The Kier molecular flexibility index (Phi) is 9.36. The molecule has 0 N–H and O–H groups in total. The zero-order valence-electron chi connectivity index (χ0n) is 15.8. The fourth-order valence-corrected chi connectivity index (χ4v) is 14.2. The second-order valence-corrected chi connectivity index (χ2v) is 27.5. The fourth-order valence-electron chi connectivity index (χ4n) is 3.37. The molecule has 0 aromatic rings. The van der Waals surface area contributed by atoms with Crippen molar-refractivity contribution >= 4 is 24.8 Å². The molecule has 0 saturated carbocycles. The Morgan fingerprint density at radius 2 is 1.71 bits per heavy atom. The molecule has 0 amide bonds. The Morgan fingerprint density at radius 3 is 2.29 bits per heavy atom. The summed E-state index contributed by atoms with van der Waals surface area (Å²) in [7, 11) is 10.5. The van der Waals surface area contributed by atoms with E-state index in [0.717, 1.165) is 27.1 Å². The predicted molar refractivity (Wildman–Crippen MR) is 94.6 cm³/mol. The van der Waals surface area contributed by atoms with Gasteiger partial charge in [0.2, 0.25) is 0 Å². The summed E-state index contributed by atoms with van der Waals surface area (Å²) < 4.78 is 21.6. The van der Waals surface area contributed by atoms with E-state index in [9.17, 15) is 0 Å². The molecule has 0 aliphatic carbocycles. The van der Waals surface area contributed by atoms with E-state index in [1.807, 2.05) is 0 Å². The van der Waals surface area contributed by atoms with Crippen molar-refractivity contribution in [1.82, 2.24) is 0 Å². The van der Waals surface area contributed by atoms with Crippen LogP contribution >= 0.6 is 16.5 Å². The number of halogens is 2. The molecule has 8 heteroatoms. The summed E-state index contributed by atoms with van der Waals surface area (Å²) in [5.41, 5.74) is 0. The van der Waals surface area contributed by atoms with Crippen molar-refractivity contribution in [1.29, 1.82) is 0 Å². The Labute approximate surface area is 180 Å². The molecule has 0 radical (unpaired) electrons. The third-order valence-corrected chi connectivity index (χ3v) is 20.6. The summed E-state index contributed by atoms with van der Waals surface area (Å²) in [6.07, 6.45) is 4.52. The Morgan fingerprint density at radius 1 is 1.04 bits per heavy atom. The van der Waals surface area contributed by atoms with Crippen LogP contribution in [0.25, 0.3) is 0 Å². The average Bonchev–Trinajstić information content (AvgIpc) is 3.06. The van der Waals surface area contributed by atoms with Crippen LogP contribution in [0.5, 0.6) is 0 Å². The maximum absolute atomic E-state index is 6.72. The monoisotopic (exact) mass is 772 g/mol. The van der Waals surface area contributed by atoms with Crippen LogP contribution in [0, 0.1) is 0 Å². The fraction of sp³-hybridized carbons (Fsp3) is 1.00. The molecule has 134 valence electrons. The van der Waals surface area contributed by atoms with Crippen molar-refractivity contribution in [2.24, 2.45) is 0 Å². The number of rotatable bonds is 7. The third kappa shape index (κ3) is 6.02. The van der Waals surface area contributed by atoms with Gasteiger partial charge in [0.15, 0.2) is 0 Å². The van der Waals surface area contributed by atoms with Crippen LogP contribution in [0.15, 0.2) is 0 Å². The number of hydrogen-bond acceptors (Lipinski definition) is 3. The van der Waals surface area contributed by atoms with E-state index in [1.54, 1.807) is 0 Å². The molecule has 2 rings (SSSR count). The SMILES string of the molecule is CC(C)(C)[Si](C)(C)O[C@@H]1C[C@H]([C@@H]2CC[C@@H]([CH2][Hg][Cl])O2)O[C@H]1[CH2][Hg][Cl]. The van der Waals surface area contributed by atoms with Crippen molar-refractivity contribution in [2.45, 2.75) is 96.5 Å². The first-order valence-corrected chi connectivity index (χ1v) is 33.5. The minimum absolute atomic E-state index is 0.193. The van der Waals surface area contributed by atoms with Crippen molar-refractivity contribution < 1.29 is 60.6 Å². The number of hydrogen-bond donors (Lipinski definition) is 0. The zero-order chi connectivity index (χ0) is 18.0. The van der Waals surface area contributed by atoms with Gasteiger partial charge in [-0.2, -0.15) is 0 Å². The van der Waals surface area contributed by atoms with Crippen LogP contribution in [0.1, 0.15) is 40.0 Å². The first-order chi connectivity index (χ1) is 11.2. The summed E-state index contributed by atoms with van der Waals surface area (Å²) in [6.45, 7) is 11.6. The van der Waals surface area contributed by atoms with Gasteiger partial charge in [-0.1, -0.05) is 0 Å². The molecule has 0 bridgehead atoms. The molecule has 2 fully saturated rings.